The molecule has 4 aliphatic rings. The van der Waals surface area contributed by atoms with Crippen LogP contribution in [0, 0.1) is 5.92 Å². The fourth-order valence-electron chi connectivity index (χ4n) is 12.4. The first-order chi connectivity index (χ1) is 26.3. The number of amides is 3. The van der Waals surface area contributed by atoms with Crippen LogP contribution in [0.5, 0.6) is 0 Å². The maximum absolute atomic E-state index is 12.5. The van der Waals surface area contributed by atoms with Crippen molar-refractivity contribution in [3.63, 3.8) is 0 Å². The minimum Gasteiger partial charge on any atom is -0.462 e. The minimum absolute atomic E-state index is 0.0139. The lowest BCUT2D eigenvalue weighted by molar-refractivity contribution is -0.173. The largest absolute Gasteiger partial charge is 0.462 e. The molecule has 0 radical (unpaired) electrons. The molecule has 12 heteroatoms. The summed E-state index contributed by atoms with van der Waals surface area (Å²) in [5.74, 6) is -0.241. The molecule has 4 heterocycles. The first-order valence-corrected chi connectivity index (χ1v) is 22.2. The second-order valence-electron chi connectivity index (χ2n) is 23.5. The van der Waals surface area contributed by atoms with Crippen LogP contribution in [0.15, 0.2) is 0 Å². The zero-order valence-electron chi connectivity index (χ0n) is 41.1. The number of rotatable bonds is 6. The monoisotopic (exact) mass is 834 g/mol. The van der Waals surface area contributed by atoms with Crippen LogP contribution in [0.4, 0.5) is 0 Å². The number of nitrogens with one attached hydrogen (secondary N) is 3. The molecule has 59 heavy (non-hydrogen) atoms. The van der Waals surface area contributed by atoms with Crippen molar-refractivity contribution in [1.82, 2.24) is 25.8 Å². The van der Waals surface area contributed by atoms with E-state index in [0.29, 0.717) is 49.2 Å². The third-order valence-corrected chi connectivity index (χ3v) is 12.1. The molecular weight excluding hydrogens is 747 g/mol. The van der Waals surface area contributed by atoms with E-state index in [1.165, 1.54) is 12.8 Å². The average Bonchev–Trinajstić information content (AvgIpc) is 2.90. The molecule has 0 aromatic rings. The fourth-order valence-corrected chi connectivity index (χ4v) is 12.4. The van der Waals surface area contributed by atoms with Crippen molar-refractivity contribution in [3.8, 4) is 0 Å². The van der Waals surface area contributed by atoms with Gasteiger partial charge in [0.15, 0.2) is 0 Å². The molecule has 4 aliphatic heterocycles. The second-order valence-corrected chi connectivity index (χ2v) is 23.5. The quantitative estimate of drug-likeness (QED) is 0.179. The predicted molar refractivity (Wildman–Crippen MR) is 237 cm³/mol. The first-order valence-electron chi connectivity index (χ1n) is 22.2. The van der Waals surface area contributed by atoms with Gasteiger partial charge in [0.1, 0.15) is 18.6 Å². The van der Waals surface area contributed by atoms with Crippen molar-refractivity contribution < 1.29 is 33.4 Å². The van der Waals surface area contributed by atoms with E-state index in [2.05, 4.69) is 78.3 Å². The smallest absolute Gasteiger partial charge is 0.317 e. The van der Waals surface area contributed by atoms with Crippen LogP contribution in [-0.4, -0.2) is 102 Å². The Morgan fingerprint density at radius 2 is 0.814 bits per heavy atom. The number of ether oxygens (including phenoxy) is 2. The van der Waals surface area contributed by atoms with Gasteiger partial charge in [0.05, 0.1) is 0 Å². The molecular formula is C47H87N5O7. The van der Waals surface area contributed by atoms with Crippen LogP contribution in [0.1, 0.15) is 203 Å². The van der Waals surface area contributed by atoms with Gasteiger partial charge in [-0.3, -0.25) is 24.0 Å². The summed E-state index contributed by atoms with van der Waals surface area (Å²) in [6, 6.07) is 0.309. The maximum Gasteiger partial charge on any atom is 0.317 e. The van der Waals surface area contributed by atoms with Crippen molar-refractivity contribution >= 4 is 29.7 Å². The van der Waals surface area contributed by atoms with Crippen LogP contribution >= 0.6 is 0 Å². The van der Waals surface area contributed by atoms with E-state index >= 15 is 0 Å². The molecule has 0 aromatic carbocycles. The molecule has 0 spiro atoms. The van der Waals surface area contributed by atoms with Crippen molar-refractivity contribution in [1.29, 1.82) is 0 Å². The number of nitrogens with zero attached hydrogens (tertiary/aromatic N) is 2. The van der Waals surface area contributed by atoms with Gasteiger partial charge >= 0.3 is 11.9 Å². The number of hydrogen-bond donors (Lipinski definition) is 3. The standard InChI is InChI=1S/C25H42N2O6.C12H24N2O.C10H21N/c1-16(28)26-22(3,4)12-18(13-23(26,5)6)32-20(30)11-21(31)33-19-14-24(7,8)27(17(2)29)25(9,10)15-19;1-6-10(15)13-9-7-11(2,3)14-12(4,5)8-9;1-8-6-9(2,3)11-10(4,5)7-8/h18-19H,11-15H2,1-10H3;9,14H,6-8H2,1-5H3,(H,13,15);8,11H,6-7H2,1-5H3. The van der Waals surface area contributed by atoms with Gasteiger partial charge in [-0.2, -0.15) is 0 Å². The average molecular weight is 834 g/mol. The molecule has 0 aromatic heterocycles. The third-order valence-electron chi connectivity index (χ3n) is 12.1. The molecule has 4 rings (SSSR count). The van der Waals surface area contributed by atoms with Crippen LogP contribution in [-0.2, 0) is 33.4 Å². The van der Waals surface area contributed by atoms with Crippen LogP contribution in [0.25, 0.3) is 0 Å². The minimum atomic E-state index is -0.618. The molecule has 12 nitrogen and oxygen atoms in total. The molecule has 4 fully saturated rings. The second kappa shape index (κ2) is 18.7. The van der Waals surface area contributed by atoms with Gasteiger partial charge in [0, 0.05) is 96.3 Å². The molecule has 0 aliphatic carbocycles. The van der Waals surface area contributed by atoms with Crippen LogP contribution < -0.4 is 16.0 Å². The summed E-state index contributed by atoms with van der Waals surface area (Å²) in [5.41, 5.74) is -1.01. The summed E-state index contributed by atoms with van der Waals surface area (Å²) in [5, 5.41) is 10.4. The maximum atomic E-state index is 12.5. The molecule has 4 saturated heterocycles. The van der Waals surface area contributed by atoms with E-state index in [1.54, 1.807) is 13.8 Å². The van der Waals surface area contributed by atoms with E-state index in [0.717, 1.165) is 18.8 Å². The summed E-state index contributed by atoms with van der Waals surface area (Å²) in [4.78, 5) is 64.5. The summed E-state index contributed by atoms with van der Waals surface area (Å²) in [7, 11) is 0. The Kier molecular flexibility index (Phi) is 16.6. The molecule has 3 amide bonds. The molecule has 0 atom stereocenters. The highest BCUT2D eigenvalue weighted by molar-refractivity contribution is 5.91. The number of hydrogen-bond acceptors (Lipinski definition) is 9. The Labute approximate surface area is 359 Å². The van der Waals surface area contributed by atoms with Gasteiger partial charge in [-0.1, -0.05) is 13.8 Å². The van der Waals surface area contributed by atoms with E-state index in [1.807, 2.05) is 72.1 Å². The Balaban J connectivity index is 0.000000376. The number of esters is 2. The highest BCUT2D eigenvalue weighted by atomic mass is 16.6. The van der Waals surface area contributed by atoms with Crippen molar-refractivity contribution in [3.05, 3.63) is 0 Å². The normalized spacial score (nSPS) is 25.5. The van der Waals surface area contributed by atoms with Gasteiger partial charge in [0.2, 0.25) is 17.7 Å². The van der Waals surface area contributed by atoms with Gasteiger partial charge in [-0.05, 0) is 142 Å². The summed E-state index contributed by atoms with van der Waals surface area (Å²) in [6.07, 6.45) is 5.96. The highest BCUT2D eigenvalue weighted by Crippen LogP contribution is 2.41. The Morgan fingerprint density at radius 1 is 0.525 bits per heavy atom. The molecule has 0 saturated carbocycles. The van der Waals surface area contributed by atoms with Crippen LogP contribution in [0.3, 0.4) is 0 Å². The van der Waals surface area contributed by atoms with Crippen molar-refractivity contribution in [2.75, 3.05) is 0 Å². The van der Waals surface area contributed by atoms with Crippen LogP contribution in [0.2, 0.25) is 0 Å². The molecule has 0 bridgehead atoms. The van der Waals surface area contributed by atoms with Gasteiger partial charge in [-0.25, -0.2) is 0 Å². The fraction of sp³-hybridized carbons (Fsp3) is 0.894. The first kappa shape index (κ1) is 52.4. The molecule has 0 unspecified atom stereocenters. The Hall–Kier alpha value is -2.73. The Bertz CT molecular complexity index is 1380. The third kappa shape index (κ3) is 15.9. The summed E-state index contributed by atoms with van der Waals surface area (Å²) >= 11 is 0. The van der Waals surface area contributed by atoms with E-state index in [4.69, 9.17) is 9.47 Å². The highest BCUT2D eigenvalue weighted by Gasteiger charge is 2.49. The summed E-state index contributed by atoms with van der Waals surface area (Å²) < 4.78 is 11.3. The van der Waals surface area contributed by atoms with E-state index < -0.39 is 40.5 Å². The molecule has 342 valence electrons. The van der Waals surface area contributed by atoms with Gasteiger partial charge < -0.3 is 35.2 Å². The van der Waals surface area contributed by atoms with Gasteiger partial charge in [0.25, 0.3) is 0 Å². The zero-order valence-corrected chi connectivity index (χ0v) is 41.1. The Morgan fingerprint density at radius 3 is 1.07 bits per heavy atom. The predicted octanol–water partition coefficient (Wildman–Crippen LogP) is 7.98. The van der Waals surface area contributed by atoms with E-state index in [-0.39, 0.29) is 41.0 Å². The molecule has 3 N–H and O–H groups in total. The van der Waals surface area contributed by atoms with Crippen molar-refractivity contribution in [2.45, 2.75) is 265 Å². The number of likely N-dealkylation sites (tertiary alicyclic amines) is 2. The number of piperidine rings is 4. The van der Waals surface area contributed by atoms with Gasteiger partial charge in [-0.15, -0.1) is 0 Å². The topological polar surface area (TPSA) is 146 Å². The lowest BCUT2D eigenvalue weighted by Crippen LogP contribution is -2.64. The van der Waals surface area contributed by atoms with Crippen molar-refractivity contribution in [2.24, 2.45) is 5.92 Å². The van der Waals surface area contributed by atoms with E-state index in [9.17, 15) is 24.0 Å². The SMILES string of the molecule is CC(=O)N1C(C)(C)CC(OC(=O)CC(=O)OC2CC(C)(C)N(C(C)=O)C(C)(C)C2)CC1(C)C.CC1CC(C)(C)NC(C)(C)C1.CCC(=O)NC1CC(C)(C)NC(C)(C)C1. The zero-order chi connectivity index (χ0) is 46.0. The number of carbonyl (C=O) groups is 5. The lowest BCUT2D eigenvalue weighted by atomic mass is 9.77. The lowest BCUT2D eigenvalue weighted by Gasteiger charge is -2.54. The summed E-state index contributed by atoms with van der Waals surface area (Å²) in [6.45, 7) is 41.0. The number of carbonyl (C=O) groups excluding carboxylic acids is 5.